The lowest BCUT2D eigenvalue weighted by atomic mass is 10.1. The van der Waals surface area contributed by atoms with Crippen molar-refractivity contribution in [3.63, 3.8) is 0 Å². The number of carbonyl (C=O) groups excluding carboxylic acids is 1. The van der Waals surface area contributed by atoms with E-state index in [1.807, 2.05) is 0 Å². The van der Waals surface area contributed by atoms with Gasteiger partial charge in [0.15, 0.2) is 6.29 Å². The minimum Gasteiger partial charge on any atom is -0.394 e. The molecule has 5 nitrogen and oxygen atoms in total. The van der Waals surface area contributed by atoms with E-state index in [9.17, 15) is 4.79 Å². The zero-order chi connectivity index (χ0) is 8.43. The van der Waals surface area contributed by atoms with Crippen molar-refractivity contribution in [2.45, 2.75) is 24.4 Å². The second-order valence-corrected chi connectivity index (χ2v) is 2.44. The fraction of sp³-hybridized carbons (Fsp3) is 0.833. The highest BCUT2D eigenvalue weighted by Crippen LogP contribution is 2.19. The molecule has 0 bridgehead atoms. The first-order chi connectivity index (χ1) is 5.20. The lowest BCUT2D eigenvalue weighted by Gasteiger charge is -2.10. The Morgan fingerprint density at radius 1 is 1.36 bits per heavy atom. The number of aliphatic hydroxyl groups excluding tert-OH is 3. The van der Waals surface area contributed by atoms with Gasteiger partial charge in [0.05, 0.1) is 6.61 Å². The topological polar surface area (TPSA) is 87.0 Å². The molecule has 0 saturated carbocycles. The number of carbonyl (C=O) groups is 1. The molecule has 1 heterocycles. The Morgan fingerprint density at radius 2 is 2.00 bits per heavy atom. The molecular weight excluding hydrogens is 152 g/mol. The number of hydrogen-bond acceptors (Lipinski definition) is 5. The number of aliphatic hydroxyl groups is 3. The maximum absolute atomic E-state index is 10.1. The fourth-order valence-electron chi connectivity index (χ4n) is 1.04. The zero-order valence-electron chi connectivity index (χ0n) is 5.75. The van der Waals surface area contributed by atoms with E-state index in [1.54, 1.807) is 0 Å². The van der Waals surface area contributed by atoms with Crippen molar-refractivity contribution >= 4 is 6.29 Å². The third-order valence-corrected chi connectivity index (χ3v) is 1.71. The van der Waals surface area contributed by atoms with Gasteiger partial charge in [-0.1, -0.05) is 0 Å². The lowest BCUT2D eigenvalue weighted by molar-refractivity contribution is -0.121. The second-order valence-electron chi connectivity index (χ2n) is 2.44. The van der Waals surface area contributed by atoms with Gasteiger partial charge >= 0.3 is 0 Å². The Morgan fingerprint density at radius 3 is 2.27 bits per heavy atom. The molecule has 1 aliphatic rings. The van der Waals surface area contributed by atoms with Gasteiger partial charge in [-0.2, -0.15) is 0 Å². The Hall–Kier alpha value is -0.490. The molecule has 0 aliphatic carbocycles. The van der Waals surface area contributed by atoms with Crippen LogP contribution in [0.2, 0.25) is 0 Å². The van der Waals surface area contributed by atoms with Gasteiger partial charge in [-0.05, 0) is 0 Å². The van der Waals surface area contributed by atoms with Gasteiger partial charge in [0, 0.05) is 0 Å². The maximum atomic E-state index is 10.1. The first kappa shape index (κ1) is 8.61. The Labute approximate surface area is 63.2 Å². The molecule has 0 aromatic carbocycles. The maximum Gasteiger partial charge on any atom is 0.151 e. The lowest BCUT2D eigenvalue weighted by Crippen LogP contribution is -2.34. The molecule has 4 atom stereocenters. The standard InChI is InChI=1S/C6H10O5/c7-1-3-5(9)6(10)4(2-8)11-3/h1,3-6,8-10H,2H2/t3?,4-,5-,6-/m1/s1. The third-order valence-electron chi connectivity index (χ3n) is 1.71. The van der Waals surface area contributed by atoms with Crippen molar-refractivity contribution < 1.29 is 24.9 Å². The van der Waals surface area contributed by atoms with Crippen LogP contribution in [0.1, 0.15) is 0 Å². The summed E-state index contributed by atoms with van der Waals surface area (Å²) in [6.45, 7) is -0.400. The predicted octanol–water partition coefficient (Wildman–Crippen LogP) is -2.33. The van der Waals surface area contributed by atoms with Crippen molar-refractivity contribution in [2.24, 2.45) is 0 Å². The Kier molecular flexibility index (Phi) is 2.56. The minimum atomic E-state index is -1.22. The quantitative estimate of drug-likeness (QED) is 0.396. The molecular formula is C6H10O5. The first-order valence-corrected chi connectivity index (χ1v) is 3.28. The summed E-state index contributed by atoms with van der Waals surface area (Å²) in [5.74, 6) is 0. The summed E-state index contributed by atoms with van der Waals surface area (Å²) >= 11 is 0. The van der Waals surface area contributed by atoms with E-state index < -0.39 is 31.0 Å². The molecule has 0 aromatic rings. The van der Waals surface area contributed by atoms with E-state index in [1.165, 1.54) is 0 Å². The van der Waals surface area contributed by atoms with Crippen molar-refractivity contribution in [3.05, 3.63) is 0 Å². The summed E-state index contributed by atoms with van der Waals surface area (Å²) in [6.07, 6.45) is -3.84. The van der Waals surface area contributed by atoms with Gasteiger partial charge in [0.25, 0.3) is 0 Å². The van der Waals surface area contributed by atoms with Gasteiger partial charge in [0.2, 0.25) is 0 Å². The van der Waals surface area contributed by atoms with Crippen molar-refractivity contribution in [1.29, 1.82) is 0 Å². The minimum absolute atomic E-state index is 0.400. The highest BCUT2D eigenvalue weighted by atomic mass is 16.6. The van der Waals surface area contributed by atoms with Crippen molar-refractivity contribution in [1.82, 2.24) is 0 Å². The van der Waals surface area contributed by atoms with Crippen LogP contribution in [0.4, 0.5) is 0 Å². The van der Waals surface area contributed by atoms with Crippen LogP contribution < -0.4 is 0 Å². The summed E-state index contributed by atoms with van der Waals surface area (Å²) in [4.78, 5) is 10.1. The summed E-state index contributed by atoms with van der Waals surface area (Å²) in [5.41, 5.74) is 0. The molecule has 11 heavy (non-hydrogen) atoms. The highest BCUT2D eigenvalue weighted by molar-refractivity contribution is 5.58. The smallest absolute Gasteiger partial charge is 0.151 e. The van der Waals surface area contributed by atoms with Gasteiger partial charge < -0.3 is 24.9 Å². The van der Waals surface area contributed by atoms with E-state index in [0.717, 1.165) is 0 Å². The van der Waals surface area contributed by atoms with Gasteiger partial charge in [0.1, 0.15) is 24.4 Å². The van der Waals surface area contributed by atoms with E-state index in [4.69, 9.17) is 20.1 Å². The summed E-state index contributed by atoms with van der Waals surface area (Å²) in [5, 5.41) is 26.7. The largest absolute Gasteiger partial charge is 0.394 e. The Bertz CT molecular complexity index is 148. The third kappa shape index (κ3) is 1.41. The zero-order valence-corrected chi connectivity index (χ0v) is 5.75. The average molecular weight is 162 g/mol. The molecule has 5 heteroatoms. The molecule has 0 spiro atoms. The van der Waals surface area contributed by atoms with Crippen LogP contribution in [0.5, 0.6) is 0 Å². The van der Waals surface area contributed by atoms with Crippen LogP contribution in [0.3, 0.4) is 0 Å². The van der Waals surface area contributed by atoms with Crippen LogP contribution in [0, 0.1) is 0 Å². The number of aldehydes is 1. The molecule has 0 aromatic heterocycles. The van der Waals surface area contributed by atoms with Crippen LogP contribution in [0.15, 0.2) is 0 Å². The number of hydrogen-bond donors (Lipinski definition) is 3. The first-order valence-electron chi connectivity index (χ1n) is 3.28. The molecule has 3 N–H and O–H groups in total. The van der Waals surface area contributed by atoms with E-state index in [0.29, 0.717) is 6.29 Å². The van der Waals surface area contributed by atoms with Gasteiger partial charge in [-0.15, -0.1) is 0 Å². The van der Waals surface area contributed by atoms with Crippen LogP contribution in [-0.4, -0.2) is 52.6 Å². The fourth-order valence-corrected chi connectivity index (χ4v) is 1.04. The van der Waals surface area contributed by atoms with Crippen LogP contribution >= 0.6 is 0 Å². The molecule has 1 fully saturated rings. The van der Waals surface area contributed by atoms with Gasteiger partial charge in [-0.3, -0.25) is 0 Å². The SMILES string of the molecule is O=CC1O[C@H](CO)[C@@H](O)[C@@H]1O. The summed E-state index contributed by atoms with van der Waals surface area (Å²) < 4.78 is 4.77. The van der Waals surface area contributed by atoms with Crippen molar-refractivity contribution in [3.8, 4) is 0 Å². The molecule has 0 amide bonds. The predicted molar refractivity (Wildman–Crippen MR) is 33.8 cm³/mol. The molecule has 64 valence electrons. The molecule has 1 unspecified atom stereocenters. The van der Waals surface area contributed by atoms with Crippen LogP contribution in [0.25, 0.3) is 0 Å². The average Bonchev–Trinajstić information content (AvgIpc) is 2.30. The molecule has 1 aliphatic heterocycles. The van der Waals surface area contributed by atoms with E-state index in [2.05, 4.69) is 0 Å². The number of rotatable bonds is 2. The monoisotopic (exact) mass is 162 g/mol. The van der Waals surface area contributed by atoms with E-state index in [-0.39, 0.29) is 0 Å². The second kappa shape index (κ2) is 3.27. The van der Waals surface area contributed by atoms with Crippen LogP contribution in [-0.2, 0) is 9.53 Å². The number of ether oxygens (including phenoxy) is 1. The van der Waals surface area contributed by atoms with E-state index >= 15 is 0 Å². The van der Waals surface area contributed by atoms with Crippen molar-refractivity contribution in [2.75, 3.05) is 6.61 Å². The molecule has 1 rings (SSSR count). The normalized spacial score (nSPS) is 44.3. The highest BCUT2D eigenvalue weighted by Gasteiger charge is 2.41. The molecule has 1 saturated heterocycles. The summed E-state index contributed by atoms with van der Waals surface area (Å²) in [7, 11) is 0. The summed E-state index contributed by atoms with van der Waals surface area (Å²) in [6, 6.07) is 0. The Balaban J connectivity index is 2.60. The van der Waals surface area contributed by atoms with Gasteiger partial charge in [-0.25, -0.2) is 0 Å². The molecule has 0 radical (unpaired) electrons.